The second kappa shape index (κ2) is 8.78. The van der Waals surface area contributed by atoms with Gasteiger partial charge in [-0.3, -0.25) is 9.59 Å². The predicted molar refractivity (Wildman–Crippen MR) is 88.9 cm³/mol. The van der Waals surface area contributed by atoms with E-state index in [1.165, 1.54) is 19.1 Å². The molecule has 1 heterocycles. The number of hydrogen-bond acceptors (Lipinski definition) is 3. The summed E-state index contributed by atoms with van der Waals surface area (Å²) in [7, 11) is 0. The third-order valence-electron chi connectivity index (χ3n) is 4.30. The van der Waals surface area contributed by atoms with E-state index in [4.69, 9.17) is 4.74 Å². The largest absolute Gasteiger partial charge is 0.372 e. The average Bonchev–Trinajstić information content (AvgIpc) is 2.54. The molecular weight excluding hydrogens is 311 g/mol. The number of piperidine rings is 1. The number of rotatable bonds is 6. The van der Waals surface area contributed by atoms with Crippen LogP contribution >= 0.6 is 0 Å². The smallest absolute Gasteiger partial charge is 0.246 e. The van der Waals surface area contributed by atoms with Gasteiger partial charge in [0.25, 0.3) is 0 Å². The van der Waals surface area contributed by atoms with Gasteiger partial charge in [-0.25, -0.2) is 4.39 Å². The lowest BCUT2D eigenvalue weighted by Gasteiger charge is -2.41. The summed E-state index contributed by atoms with van der Waals surface area (Å²) < 4.78 is 18.6. The van der Waals surface area contributed by atoms with Gasteiger partial charge in [0, 0.05) is 26.1 Å². The monoisotopic (exact) mass is 336 g/mol. The molecule has 1 aromatic carbocycles. The molecule has 0 bridgehead atoms. The van der Waals surface area contributed by atoms with E-state index in [1.807, 2.05) is 13.0 Å². The molecule has 1 aliphatic rings. The van der Waals surface area contributed by atoms with Crippen LogP contribution in [-0.2, 0) is 20.7 Å². The average molecular weight is 336 g/mol. The van der Waals surface area contributed by atoms with Gasteiger partial charge < -0.3 is 15.0 Å². The molecule has 0 radical (unpaired) electrons. The molecule has 1 fully saturated rings. The van der Waals surface area contributed by atoms with Crippen molar-refractivity contribution in [1.29, 1.82) is 0 Å². The number of ether oxygens (including phenoxy) is 1. The fourth-order valence-electron chi connectivity index (χ4n) is 3.22. The van der Waals surface area contributed by atoms with E-state index in [0.29, 0.717) is 19.6 Å². The van der Waals surface area contributed by atoms with Crippen molar-refractivity contribution in [2.45, 2.75) is 45.2 Å². The molecule has 0 spiro atoms. The van der Waals surface area contributed by atoms with E-state index in [1.54, 1.807) is 11.0 Å². The molecule has 132 valence electrons. The van der Waals surface area contributed by atoms with Crippen LogP contribution < -0.4 is 5.32 Å². The molecule has 6 heteroatoms. The summed E-state index contributed by atoms with van der Waals surface area (Å²) in [6.07, 6.45) is 2.14. The Balaban J connectivity index is 2.13. The van der Waals surface area contributed by atoms with E-state index in [-0.39, 0.29) is 36.3 Å². The van der Waals surface area contributed by atoms with Crippen molar-refractivity contribution in [3.8, 4) is 0 Å². The summed E-state index contributed by atoms with van der Waals surface area (Å²) in [5.41, 5.74) is 0.817. The van der Waals surface area contributed by atoms with E-state index in [0.717, 1.165) is 18.4 Å². The lowest BCUT2D eigenvalue weighted by Crippen LogP contribution is -2.58. The molecule has 2 rings (SSSR count). The first kappa shape index (κ1) is 18.4. The van der Waals surface area contributed by atoms with Gasteiger partial charge in [-0.05, 0) is 43.9 Å². The summed E-state index contributed by atoms with van der Waals surface area (Å²) in [5.74, 6) is -0.508. The fourth-order valence-corrected chi connectivity index (χ4v) is 3.22. The first-order chi connectivity index (χ1) is 11.5. The van der Waals surface area contributed by atoms with Gasteiger partial charge in [-0.1, -0.05) is 12.1 Å². The Labute approximate surface area is 142 Å². The van der Waals surface area contributed by atoms with Crippen LogP contribution in [0.1, 0.15) is 32.3 Å². The highest BCUT2D eigenvalue weighted by molar-refractivity contribution is 5.78. The number of nitrogens with one attached hydrogen (secondary N) is 1. The summed E-state index contributed by atoms with van der Waals surface area (Å²) >= 11 is 0. The lowest BCUT2D eigenvalue weighted by atomic mass is 9.90. The van der Waals surface area contributed by atoms with E-state index < -0.39 is 0 Å². The minimum Gasteiger partial charge on any atom is -0.372 e. The van der Waals surface area contributed by atoms with Crippen LogP contribution in [0, 0.1) is 5.82 Å². The maximum Gasteiger partial charge on any atom is 0.246 e. The number of nitrogens with zero attached hydrogens (tertiary/aromatic N) is 1. The number of carbonyl (C=O) groups excluding carboxylic acids is 2. The van der Waals surface area contributed by atoms with Gasteiger partial charge in [-0.2, -0.15) is 0 Å². The van der Waals surface area contributed by atoms with Crippen LogP contribution in [0.4, 0.5) is 4.39 Å². The number of benzene rings is 1. The van der Waals surface area contributed by atoms with E-state index >= 15 is 0 Å². The van der Waals surface area contributed by atoms with Gasteiger partial charge in [0.05, 0.1) is 6.04 Å². The first-order valence-corrected chi connectivity index (χ1v) is 8.40. The number of amides is 2. The van der Waals surface area contributed by atoms with Gasteiger partial charge in [0.15, 0.2) is 0 Å². The maximum absolute atomic E-state index is 13.5. The molecule has 1 saturated heterocycles. The van der Waals surface area contributed by atoms with Crippen molar-refractivity contribution >= 4 is 11.8 Å². The Morgan fingerprint density at radius 3 is 2.88 bits per heavy atom. The normalized spacial score (nSPS) is 20.7. The zero-order chi connectivity index (χ0) is 17.5. The summed E-state index contributed by atoms with van der Waals surface area (Å²) in [6, 6.07) is 6.05. The quantitative estimate of drug-likeness (QED) is 0.863. The van der Waals surface area contributed by atoms with Gasteiger partial charge in [0.1, 0.15) is 12.4 Å². The second-order valence-electron chi connectivity index (χ2n) is 6.07. The predicted octanol–water partition coefficient (Wildman–Crippen LogP) is 1.90. The molecule has 5 nitrogen and oxygen atoms in total. The molecule has 1 aliphatic heterocycles. The van der Waals surface area contributed by atoms with Gasteiger partial charge >= 0.3 is 0 Å². The van der Waals surface area contributed by atoms with Crippen molar-refractivity contribution in [2.75, 3.05) is 19.8 Å². The van der Waals surface area contributed by atoms with Gasteiger partial charge in [-0.15, -0.1) is 0 Å². The van der Waals surface area contributed by atoms with Crippen molar-refractivity contribution in [3.63, 3.8) is 0 Å². The summed E-state index contributed by atoms with van der Waals surface area (Å²) in [5, 5.41) is 2.97. The Morgan fingerprint density at radius 1 is 1.42 bits per heavy atom. The van der Waals surface area contributed by atoms with Crippen molar-refractivity contribution in [1.82, 2.24) is 10.2 Å². The van der Waals surface area contributed by atoms with E-state index in [2.05, 4.69) is 5.32 Å². The van der Waals surface area contributed by atoms with Gasteiger partial charge in [0.2, 0.25) is 11.8 Å². The number of hydrogen-bond donors (Lipinski definition) is 1. The highest BCUT2D eigenvalue weighted by Crippen LogP contribution is 2.22. The van der Waals surface area contributed by atoms with Crippen LogP contribution in [0.25, 0.3) is 0 Å². The minimum atomic E-state index is -0.297. The molecule has 1 N–H and O–H groups in total. The molecule has 0 saturated carbocycles. The standard InChI is InChI=1S/C18H25FN2O3/c1-3-24-12-18(23)20-16-8-5-9-21(13(2)22)17(16)11-14-6-4-7-15(19)10-14/h4,6-7,10,16-17H,3,5,8-9,11-12H2,1-2H3,(H,20,23)/t16-,17-/m0/s1. The molecule has 0 unspecified atom stereocenters. The van der Waals surface area contributed by atoms with E-state index in [9.17, 15) is 14.0 Å². The molecule has 2 amide bonds. The third kappa shape index (κ3) is 5.03. The van der Waals surface area contributed by atoms with Crippen LogP contribution in [0.2, 0.25) is 0 Å². The Hall–Kier alpha value is -1.95. The van der Waals surface area contributed by atoms with Crippen LogP contribution in [0.3, 0.4) is 0 Å². The van der Waals surface area contributed by atoms with Crippen LogP contribution in [0.15, 0.2) is 24.3 Å². The van der Waals surface area contributed by atoms with Crippen LogP contribution in [-0.4, -0.2) is 48.6 Å². The molecule has 0 aromatic heterocycles. The van der Waals surface area contributed by atoms with Crippen LogP contribution in [0.5, 0.6) is 0 Å². The Bertz CT molecular complexity index is 579. The third-order valence-corrected chi connectivity index (χ3v) is 4.30. The zero-order valence-electron chi connectivity index (χ0n) is 14.3. The Morgan fingerprint density at radius 2 is 2.21 bits per heavy atom. The van der Waals surface area contributed by atoms with Crippen molar-refractivity contribution < 1.29 is 18.7 Å². The minimum absolute atomic E-state index is 0.0136. The number of halogens is 1. The summed E-state index contributed by atoms with van der Waals surface area (Å²) in [6.45, 7) is 4.51. The number of carbonyl (C=O) groups is 2. The fraction of sp³-hybridized carbons (Fsp3) is 0.556. The molecule has 1 aromatic rings. The lowest BCUT2D eigenvalue weighted by molar-refractivity contribution is -0.135. The molecule has 0 aliphatic carbocycles. The highest BCUT2D eigenvalue weighted by Gasteiger charge is 2.33. The topological polar surface area (TPSA) is 58.6 Å². The maximum atomic E-state index is 13.5. The zero-order valence-corrected chi connectivity index (χ0v) is 14.3. The molecule has 24 heavy (non-hydrogen) atoms. The first-order valence-electron chi connectivity index (χ1n) is 8.40. The Kier molecular flexibility index (Phi) is 6.73. The summed E-state index contributed by atoms with van der Waals surface area (Å²) in [4.78, 5) is 25.8. The second-order valence-corrected chi connectivity index (χ2v) is 6.07. The highest BCUT2D eigenvalue weighted by atomic mass is 19.1. The molecule has 2 atom stereocenters. The molecular formula is C18H25FN2O3. The van der Waals surface area contributed by atoms with Crippen molar-refractivity contribution in [2.24, 2.45) is 0 Å². The number of likely N-dealkylation sites (tertiary alicyclic amines) is 1. The SMILES string of the molecule is CCOCC(=O)N[C@H]1CCCN(C(C)=O)[C@H]1Cc1cccc(F)c1. The van der Waals surface area contributed by atoms with Crippen molar-refractivity contribution in [3.05, 3.63) is 35.6 Å².